The fraction of sp³-hybridized carbons (Fsp3) is 0.625. The summed E-state index contributed by atoms with van der Waals surface area (Å²) in [5.74, 6) is 0. The molecule has 0 unspecified atom stereocenters. The van der Waals surface area contributed by atoms with Crippen LogP contribution in [0, 0.1) is 0 Å². The molecule has 0 fully saturated rings. The van der Waals surface area contributed by atoms with E-state index in [0.29, 0.717) is 0 Å². The average Bonchev–Trinajstić information content (AvgIpc) is 2.44. The SMILES string of the molecule is CCCCCCCCCc1ccc(COS(=O)(=O)O)cc1. The van der Waals surface area contributed by atoms with Gasteiger partial charge in [0.05, 0.1) is 6.61 Å². The Hall–Kier alpha value is -0.910. The number of benzene rings is 1. The predicted octanol–water partition coefficient (Wildman–Crippen LogP) is 4.30. The van der Waals surface area contributed by atoms with Crippen LogP contribution in [0.4, 0.5) is 0 Å². The molecule has 21 heavy (non-hydrogen) atoms. The van der Waals surface area contributed by atoms with E-state index in [0.717, 1.165) is 12.0 Å². The quantitative estimate of drug-likeness (QED) is 0.488. The van der Waals surface area contributed by atoms with Crippen molar-refractivity contribution < 1.29 is 17.2 Å². The first-order valence-electron chi connectivity index (χ1n) is 7.71. The highest BCUT2D eigenvalue weighted by molar-refractivity contribution is 7.80. The van der Waals surface area contributed by atoms with Gasteiger partial charge in [-0.3, -0.25) is 4.55 Å². The molecule has 0 spiro atoms. The second-order valence-electron chi connectivity index (χ2n) is 5.38. The molecule has 0 saturated carbocycles. The Labute approximate surface area is 128 Å². The number of hydrogen-bond donors (Lipinski definition) is 1. The van der Waals surface area contributed by atoms with Gasteiger partial charge in [0.25, 0.3) is 0 Å². The Kier molecular flexibility index (Phi) is 8.57. The molecule has 0 aliphatic heterocycles. The number of unbranched alkanes of at least 4 members (excludes halogenated alkanes) is 6. The summed E-state index contributed by atoms with van der Waals surface area (Å²) in [4.78, 5) is 0. The van der Waals surface area contributed by atoms with E-state index < -0.39 is 10.4 Å². The average molecular weight is 314 g/mol. The van der Waals surface area contributed by atoms with E-state index >= 15 is 0 Å². The molecule has 120 valence electrons. The van der Waals surface area contributed by atoms with Crippen molar-refractivity contribution in [3.63, 3.8) is 0 Å². The minimum atomic E-state index is -4.36. The van der Waals surface area contributed by atoms with Gasteiger partial charge in [-0.2, -0.15) is 8.42 Å². The molecule has 0 bridgehead atoms. The Morgan fingerprint density at radius 2 is 1.43 bits per heavy atom. The normalized spacial score (nSPS) is 11.7. The smallest absolute Gasteiger partial charge is 0.264 e. The van der Waals surface area contributed by atoms with Crippen LogP contribution in [-0.2, 0) is 27.6 Å². The van der Waals surface area contributed by atoms with Crippen LogP contribution in [0.3, 0.4) is 0 Å². The number of aryl methyl sites for hydroxylation is 1. The van der Waals surface area contributed by atoms with Crippen molar-refractivity contribution in [2.75, 3.05) is 0 Å². The summed E-state index contributed by atoms with van der Waals surface area (Å²) in [7, 11) is -4.36. The van der Waals surface area contributed by atoms with Gasteiger partial charge in [-0.05, 0) is 24.0 Å². The van der Waals surface area contributed by atoms with E-state index in [1.165, 1.54) is 50.5 Å². The van der Waals surface area contributed by atoms with Gasteiger partial charge in [0.2, 0.25) is 0 Å². The van der Waals surface area contributed by atoms with Crippen molar-refractivity contribution in [3.05, 3.63) is 35.4 Å². The molecule has 4 nitrogen and oxygen atoms in total. The van der Waals surface area contributed by atoms with Crippen molar-refractivity contribution in [1.29, 1.82) is 0 Å². The molecule has 0 heterocycles. The molecular formula is C16H26O4S. The lowest BCUT2D eigenvalue weighted by molar-refractivity contribution is 0.259. The molecule has 0 saturated heterocycles. The number of hydrogen-bond acceptors (Lipinski definition) is 3. The van der Waals surface area contributed by atoms with Gasteiger partial charge >= 0.3 is 10.4 Å². The van der Waals surface area contributed by atoms with Crippen LogP contribution < -0.4 is 0 Å². The van der Waals surface area contributed by atoms with E-state index in [-0.39, 0.29) is 6.61 Å². The summed E-state index contributed by atoms with van der Waals surface area (Å²) in [6.45, 7) is 2.10. The van der Waals surface area contributed by atoms with Crippen LogP contribution >= 0.6 is 0 Å². The lowest BCUT2D eigenvalue weighted by atomic mass is 10.0. The van der Waals surface area contributed by atoms with Crippen LogP contribution in [0.1, 0.15) is 63.0 Å². The molecule has 0 aliphatic rings. The zero-order valence-corrected chi connectivity index (χ0v) is 13.6. The van der Waals surface area contributed by atoms with Crippen LogP contribution in [0.25, 0.3) is 0 Å². The largest absolute Gasteiger partial charge is 0.397 e. The highest BCUT2D eigenvalue weighted by atomic mass is 32.3. The monoisotopic (exact) mass is 314 g/mol. The Morgan fingerprint density at radius 1 is 0.905 bits per heavy atom. The van der Waals surface area contributed by atoms with Crippen molar-refractivity contribution in [2.24, 2.45) is 0 Å². The Bertz CT molecular complexity index is 480. The van der Waals surface area contributed by atoms with Gasteiger partial charge < -0.3 is 0 Å². The summed E-state index contributed by atoms with van der Waals surface area (Å²) < 4.78 is 33.8. The molecule has 0 atom stereocenters. The zero-order chi connectivity index (χ0) is 15.6. The van der Waals surface area contributed by atoms with Gasteiger partial charge in [0, 0.05) is 0 Å². The maximum absolute atomic E-state index is 10.5. The van der Waals surface area contributed by atoms with E-state index in [4.69, 9.17) is 4.55 Å². The molecule has 1 aromatic carbocycles. The Morgan fingerprint density at radius 3 is 2.00 bits per heavy atom. The molecule has 0 amide bonds. The Balaban J connectivity index is 2.19. The maximum atomic E-state index is 10.5. The third kappa shape index (κ3) is 9.61. The van der Waals surface area contributed by atoms with Gasteiger partial charge in [-0.25, -0.2) is 4.18 Å². The maximum Gasteiger partial charge on any atom is 0.397 e. The topological polar surface area (TPSA) is 63.6 Å². The molecule has 0 aromatic heterocycles. The predicted molar refractivity (Wildman–Crippen MR) is 84.5 cm³/mol. The van der Waals surface area contributed by atoms with E-state index in [1.807, 2.05) is 24.3 Å². The summed E-state index contributed by atoms with van der Waals surface area (Å²) >= 11 is 0. The fourth-order valence-corrected chi connectivity index (χ4v) is 2.52. The lowest BCUT2D eigenvalue weighted by Crippen LogP contribution is -2.03. The highest BCUT2D eigenvalue weighted by Crippen LogP contribution is 2.12. The van der Waals surface area contributed by atoms with Gasteiger partial charge in [0.15, 0.2) is 0 Å². The minimum Gasteiger partial charge on any atom is -0.264 e. The molecule has 1 aromatic rings. The van der Waals surface area contributed by atoms with Crippen molar-refractivity contribution in [2.45, 2.75) is 64.9 Å². The van der Waals surface area contributed by atoms with Crippen molar-refractivity contribution in [3.8, 4) is 0 Å². The first-order chi connectivity index (χ1) is 10.0. The highest BCUT2D eigenvalue weighted by Gasteiger charge is 2.04. The molecule has 1 rings (SSSR count). The van der Waals surface area contributed by atoms with E-state index in [2.05, 4.69) is 11.1 Å². The lowest BCUT2D eigenvalue weighted by Gasteiger charge is -2.04. The zero-order valence-electron chi connectivity index (χ0n) is 12.8. The summed E-state index contributed by atoms with van der Waals surface area (Å²) in [5.41, 5.74) is 1.98. The van der Waals surface area contributed by atoms with E-state index in [9.17, 15) is 8.42 Å². The van der Waals surface area contributed by atoms with Gasteiger partial charge in [0.1, 0.15) is 0 Å². The van der Waals surface area contributed by atoms with Crippen molar-refractivity contribution >= 4 is 10.4 Å². The fourth-order valence-electron chi connectivity index (χ4n) is 2.23. The molecule has 0 aliphatic carbocycles. The summed E-state index contributed by atoms with van der Waals surface area (Å²) in [6, 6.07) is 7.64. The first kappa shape index (κ1) is 18.1. The molecule has 1 N–H and O–H groups in total. The molecular weight excluding hydrogens is 288 g/mol. The van der Waals surface area contributed by atoms with E-state index in [1.54, 1.807) is 0 Å². The first-order valence-corrected chi connectivity index (χ1v) is 9.07. The van der Waals surface area contributed by atoms with Crippen molar-refractivity contribution in [1.82, 2.24) is 0 Å². The third-order valence-electron chi connectivity index (χ3n) is 3.47. The molecule has 0 radical (unpaired) electrons. The molecule has 5 heteroatoms. The van der Waals surface area contributed by atoms with Crippen LogP contribution in [0.2, 0.25) is 0 Å². The second-order valence-corrected chi connectivity index (χ2v) is 6.47. The van der Waals surface area contributed by atoms with Gasteiger partial charge in [-0.1, -0.05) is 69.7 Å². The van der Waals surface area contributed by atoms with Gasteiger partial charge in [-0.15, -0.1) is 0 Å². The third-order valence-corrected chi connectivity index (χ3v) is 3.88. The second kappa shape index (κ2) is 9.92. The van der Waals surface area contributed by atoms with Crippen LogP contribution in [0.15, 0.2) is 24.3 Å². The van der Waals surface area contributed by atoms with Crippen LogP contribution in [0.5, 0.6) is 0 Å². The standard InChI is InChI=1S/C16H26O4S/c1-2-3-4-5-6-7-8-9-15-10-12-16(13-11-15)14-20-21(17,18)19/h10-13H,2-9,14H2,1H3,(H,17,18,19). The summed E-state index contributed by atoms with van der Waals surface area (Å²) in [6.07, 6.45) is 10.1. The van der Waals surface area contributed by atoms with Crippen LogP contribution in [-0.4, -0.2) is 13.0 Å². The summed E-state index contributed by atoms with van der Waals surface area (Å²) in [5, 5.41) is 0. The minimum absolute atomic E-state index is 0.128. The number of rotatable bonds is 11.